The number of carbonyl (C=O) groups excluding carboxylic acids is 2. The number of ketones is 1. The second-order valence-electron chi connectivity index (χ2n) is 7.99. The minimum Gasteiger partial charge on any atom is -0.503 e. The van der Waals surface area contributed by atoms with Crippen LogP contribution in [0, 0.1) is 0 Å². The molecule has 1 amide bonds. The molecular weight excluding hydrogens is 444 g/mol. The van der Waals surface area contributed by atoms with Crippen LogP contribution in [0.2, 0.25) is 5.02 Å². The first-order chi connectivity index (χ1) is 15.9. The number of hydrogen-bond acceptors (Lipinski definition) is 5. The van der Waals surface area contributed by atoms with Crippen molar-refractivity contribution >= 4 is 45.2 Å². The molecule has 1 N–H and O–H groups in total. The number of para-hydroxylation sites is 1. The van der Waals surface area contributed by atoms with E-state index in [0.29, 0.717) is 16.0 Å². The van der Waals surface area contributed by atoms with E-state index in [4.69, 9.17) is 20.8 Å². The van der Waals surface area contributed by atoms with E-state index in [1.807, 2.05) is 42.1 Å². The quantitative estimate of drug-likeness (QED) is 0.414. The highest BCUT2D eigenvalue weighted by Gasteiger charge is 2.45. The molecule has 33 heavy (non-hydrogen) atoms. The summed E-state index contributed by atoms with van der Waals surface area (Å²) in [7, 11) is 3.43. The Hall–Kier alpha value is -3.55. The van der Waals surface area contributed by atoms with Crippen molar-refractivity contribution in [3.8, 4) is 0 Å². The highest BCUT2D eigenvalue weighted by Crippen LogP contribution is 2.42. The summed E-state index contributed by atoms with van der Waals surface area (Å²) in [4.78, 5) is 28.2. The molecule has 2 aromatic carbocycles. The molecule has 8 heteroatoms. The minimum atomic E-state index is -0.789. The number of aliphatic hydroxyl groups excluding tert-OH is 1. The fraction of sp³-hybridized carbons (Fsp3) is 0.200. The molecule has 168 valence electrons. The summed E-state index contributed by atoms with van der Waals surface area (Å²) in [5, 5.41) is 12.9. The first kappa shape index (κ1) is 21.3. The average Bonchev–Trinajstić information content (AvgIpc) is 3.45. The molecule has 0 spiro atoms. The number of aliphatic hydroxyl groups is 1. The number of ether oxygens (including phenoxy) is 1. The lowest BCUT2D eigenvalue weighted by molar-refractivity contribution is -0.130. The van der Waals surface area contributed by atoms with Gasteiger partial charge >= 0.3 is 0 Å². The van der Waals surface area contributed by atoms with E-state index in [9.17, 15) is 14.7 Å². The van der Waals surface area contributed by atoms with Crippen LogP contribution in [0.1, 0.15) is 22.2 Å². The number of fused-ring (bicyclic) bond motifs is 2. The lowest BCUT2D eigenvalue weighted by Gasteiger charge is -2.26. The van der Waals surface area contributed by atoms with Crippen molar-refractivity contribution in [3.63, 3.8) is 0 Å². The Morgan fingerprint density at radius 3 is 2.79 bits per heavy atom. The Kier molecular flexibility index (Phi) is 5.23. The van der Waals surface area contributed by atoms with Gasteiger partial charge in [0.25, 0.3) is 5.91 Å². The number of nitrogens with zero attached hydrogens (tertiary/aromatic N) is 2. The smallest absolute Gasteiger partial charge is 0.290 e. The molecule has 4 aromatic rings. The number of benzene rings is 2. The Labute approximate surface area is 194 Å². The van der Waals surface area contributed by atoms with Crippen molar-refractivity contribution in [2.75, 3.05) is 20.3 Å². The zero-order chi connectivity index (χ0) is 23.3. The third-order valence-electron chi connectivity index (χ3n) is 6.01. The lowest BCUT2D eigenvalue weighted by Crippen LogP contribution is -2.33. The summed E-state index contributed by atoms with van der Waals surface area (Å²) in [6.07, 6.45) is 1.88. The molecule has 7 nitrogen and oxygen atoms in total. The maximum Gasteiger partial charge on any atom is 0.290 e. The van der Waals surface area contributed by atoms with Gasteiger partial charge in [-0.15, -0.1) is 0 Å². The summed E-state index contributed by atoms with van der Waals surface area (Å²) < 4.78 is 12.9. The second-order valence-corrected chi connectivity index (χ2v) is 8.43. The number of methoxy groups -OCH3 is 1. The Balaban J connectivity index is 1.67. The predicted octanol–water partition coefficient (Wildman–Crippen LogP) is 4.80. The molecule has 0 saturated carbocycles. The number of rotatable bonds is 6. The normalized spacial score (nSPS) is 16.5. The van der Waals surface area contributed by atoms with Gasteiger partial charge in [0.05, 0.1) is 18.2 Å². The van der Waals surface area contributed by atoms with Gasteiger partial charge in [-0.2, -0.15) is 0 Å². The van der Waals surface area contributed by atoms with Crippen molar-refractivity contribution in [3.05, 3.63) is 82.4 Å². The topological polar surface area (TPSA) is 84.9 Å². The molecule has 1 aliphatic rings. The Bertz CT molecular complexity index is 1450. The first-order valence-electron chi connectivity index (χ1n) is 10.4. The van der Waals surface area contributed by atoms with Crippen molar-refractivity contribution < 1.29 is 23.8 Å². The monoisotopic (exact) mass is 464 g/mol. The van der Waals surface area contributed by atoms with Crippen molar-refractivity contribution in [1.82, 2.24) is 9.47 Å². The number of hydrogen-bond donors (Lipinski definition) is 1. The Morgan fingerprint density at radius 1 is 1.21 bits per heavy atom. The van der Waals surface area contributed by atoms with Gasteiger partial charge in [-0.1, -0.05) is 29.8 Å². The van der Waals surface area contributed by atoms with Crippen LogP contribution in [-0.2, 0) is 16.6 Å². The molecule has 2 aromatic heterocycles. The van der Waals surface area contributed by atoms with E-state index in [1.165, 1.54) is 12.0 Å². The number of Topliss-reactive ketones (excluding diaryl/α,β-unsaturated/α-hetero) is 1. The van der Waals surface area contributed by atoms with Gasteiger partial charge in [-0.25, -0.2) is 0 Å². The maximum atomic E-state index is 13.6. The third kappa shape index (κ3) is 3.41. The second kappa shape index (κ2) is 8.10. The van der Waals surface area contributed by atoms with Crippen LogP contribution in [-0.4, -0.2) is 46.5 Å². The molecule has 0 bridgehead atoms. The van der Waals surface area contributed by atoms with E-state index in [0.717, 1.165) is 16.5 Å². The highest BCUT2D eigenvalue weighted by atomic mass is 35.5. The van der Waals surface area contributed by atoms with Gasteiger partial charge < -0.3 is 23.7 Å². The summed E-state index contributed by atoms with van der Waals surface area (Å²) in [6.45, 7) is 0.463. The van der Waals surface area contributed by atoms with Crippen LogP contribution in [0.5, 0.6) is 0 Å². The van der Waals surface area contributed by atoms with Gasteiger partial charge in [0, 0.05) is 53.8 Å². The van der Waals surface area contributed by atoms with Gasteiger partial charge in [-0.05, 0) is 30.3 Å². The van der Waals surface area contributed by atoms with Gasteiger partial charge in [0.15, 0.2) is 11.5 Å². The van der Waals surface area contributed by atoms with Crippen LogP contribution < -0.4 is 0 Å². The molecule has 1 unspecified atom stereocenters. The van der Waals surface area contributed by atoms with Crippen LogP contribution in [0.4, 0.5) is 0 Å². The molecule has 0 fully saturated rings. The maximum absolute atomic E-state index is 13.6. The van der Waals surface area contributed by atoms with Gasteiger partial charge in [0.1, 0.15) is 5.58 Å². The zero-order valence-electron chi connectivity index (χ0n) is 18.0. The molecular formula is C25H21ClN2O5. The molecule has 5 rings (SSSR count). The summed E-state index contributed by atoms with van der Waals surface area (Å²) in [6, 6.07) is 13.5. The zero-order valence-corrected chi connectivity index (χ0v) is 18.8. The molecule has 0 aliphatic carbocycles. The van der Waals surface area contributed by atoms with Crippen LogP contribution in [0.3, 0.4) is 0 Å². The number of amides is 1. The highest BCUT2D eigenvalue weighted by molar-refractivity contribution is 6.31. The standard InChI is InChI=1S/C25H21ClN2O5/c1-27-13-17(16-5-3-4-6-18(16)27)22-21(24(30)25(31)28(22)9-10-32-2)23(29)20-12-14-11-15(26)7-8-19(14)33-20/h3-8,11-13,22,30H,9-10H2,1-2H3. The summed E-state index contributed by atoms with van der Waals surface area (Å²) in [5.41, 5.74) is 2.16. The molecule has 1 atom stereocenters. The fourth-order valence-electron chi connectivity index (χ4n) is 4.48. The van der Waals surface area contributed by atoms with E-state index in [-0.39, 0.29) is 24.5 Å². The number of aromatic nitrogens is 1. The number of halogens is 1. The van der Waals surface area contributed by atoms with Crippen LogP contribution >= 0.6 is 11.6 Å². The van der Waals surface area contributed by atoms with E-state index in [1.54, 1.807) is 24.3 Å². The molecule has 0 saturated heterocycles. The third-order valence-corrected chi connectivity index (χ3v) is 6.24. The number of carbonyl (C=O) groups is 2. The summed E-state index contributed by atoms with van der Waals surface area (Å²) >= 11 is 6.06. The minimum absolute atomic E-state index is 0.0161. The van der Waals surface area contributed by atoms with Gasteiger partial charge in [0.2, 0.25) is 5.78 Å². The lowest BCUT2D eigenvalue weighted by atomic mass is 9.94. The summed E-state index contributed by atoms with van der Waals surface area (Å²) in [5.74, 6) is -1.72. The average molecular weight is 465 g/mol. The first-order valence-corrected chi connectivity index (χ1v) is 10.8. The van der Waals surface area contributed by atoms with E-state index in [2.05, 4.69) is 0 Å². The van der Waals surface area contributed by atoms with E-state index >= 15 is 0 Å². The largest absolute Gasteiger partial charge is 0.503 e. The van der Waals surface area contributed by atoms with Crippen molar-refractivity contribution in [2.45, 2.75) is 6.04 Å². The van der Waals surface area contributed by atoms with E-state index < -0.39 is 23.5 Å². The molecule has 3 heterocycles. The predicted molar refractivity (Wildman–Crippen MR) is 124 cm³/mol. The van der Waals surface area contributed by atoms with Crippen molar-refractivity contribution in [2.24, 2.45) is 7.05 Å². The van der Waals surface area contributed by atoms with Crippen molar-refractivity contribution in [1.29, 1.82) is 0 Å². The van der Waals surface area contributed by atoms with Gasteiger partial charge in [-0.3, -0.25) is 9.59 Å². The number of aryl methyl sites for hydroxylation is 1. The van der Waals surface area contributed by atoms with Crippen LogP contribution in [0.25, 0.3) is 21.9 Å². The molecule has 1 aliphatic heterocycles. The van der Waals surface area contributed by atoms with Crippen LogP contribution in [0.15, 0.2) is 70.5 Å². The Morgan fingerprint density at radius 2 is 2.00 bits per heavy atom. The SMILES string of the molecule is COCCN1C(=O)C(O)=C(C(=O)c2cc3cc(Cl)ccc3o2)C1c1cn(C)c2ccccc12. The number of furan rings is 1. The fourth-order valence-corrected chi connectivity index (χ4v) is 4.66. The molecule has 0 radical (unpaired) electrons.